The standard InChI is InChI=1S/C16H26N2OS/c1-4-14(5-2)18-16(19)12-20-15-9-7-8-13(10-15)11-17-6-3/h7-10,14,17H,4-6,11-12H2,1-3H3,(H,18,19). The van der Waals surface area contributed by atoms with E-state index in [2.05, 4.69) is 49.6 Å². The number of benzene rings is 1. The summed E-state index contributed by atoms with van der Waals surface area (Å²) in [4.78, 5) is 13.0. The molecule has 0 aliphatic carbocycles. The SMILES string of the molecule is CCNCc1cccc(SCC(=O)NC(CC)CC)c1. The molecule has 0 spiro atoms. The van der Waals surface area contributed by atoms with E-state index in [0.29, 0.717) is 11.8 Å². The van der Waals surface area contributed by atoms with Gasteiger partial charge in [-0.1, -0.05) is 32.9 Å². The van der Waals surface area contributed by atoms with E-state index in [0.717, 1.165) is 30.8 Å². The first-order chi connectivity index (χ1) is 9.69. The molecule has 20 heavy (non-hydrogen) atoms. The molecule has 0 saturated carbocycles. The number of carbonyl (C=O) groups excluding carboxylic acids is 1. The Hall–Kier alpha value is -1.00. The fourth-order valence-electron chi connectivity index (χ4n) is 1.93. The number of hydrogen-bond donors (Lipinski definition) is 2. The van der Waals surface area contributed by atoms with Gasteiger partial charge in [-0.2, -0.15) is 0 Å². The Labute approximate surface area is 126 Å². The highest BCUT2D eigenvalue weighted by atomic mass is 32.2. The topological polar surface area (TPSA) is 41.1 Å². The molecule has 2 N–H and O–H groups in total. The Morgan fingerprint density at radius 3 is 2.65 bits per heavy atom. The van der Waals surface area contributed by atoms with Gasteiger partial charge in [-0.25, -0.2) is 0 Å². The van der Waals surface area contributed by atoms with Crippen molar-refractivity contribution in [2.24, 2.45) is 0 Å². The molecule has 0 heterocycles. The van der Waals surface area contributed by atoms with Crippen LogP contribution in [0.5, 0.6) is 0 Å². The second-order valence-corrected chi connectivity index (χ2v) is 5.85. The van der Waals surface area contributed by atoms with Crippen molar-refractivity contribution < 1.29 is 4.79 Å². The summed E-state index contributed by atoms with van der Waals surface area (Å²) in [6.45, 7) is 8.15. The van der Waals surface area contributed by atoms with Crippen LogP contribution in [0.1, 0.15) is 39.2 Å². The number of amides is 1. The molecule has 1 aromatic rings. The van der Waals surface area contributed by atoms with Crippen molar-refractivity contribution in [2.75, 3.05) is 12.3 Å². The molecular formula is C16H26N2OS. The molecule has 0 atom stereocenters. The maximum Gasteiger partial charge on any atom is 0.230 e. The molecule has 0 fully saturated rings. The highest BCUT2D eigenvalue weighted by Crippen LogP contribution is 2.19. The smallest absolute Gasteiger partial charge is 0.230 e. The van der Waals surface area contributed by atoms with E-state index in [1.165, 1.54) is 5.56 Å². The van der Waals surface area contributed by atoms with Crippen molar-refractivity contribution >= 4 is 17.7 Å². The van der Waals surface area contributed by atoms with Crippen molar-refractivity contribution in [3.05, 3.63) is 29.8 Å². The largest absolute Gasteiger partial charge is 0.353 e. The van der Waals surface area contributed by atoms with Gasteiger partial charge in [0.05, 0.1) is 5.75 Å². The second-order valence-electron chi connectivity index (χ2n) is 4.80. The molecule has 0 aliphatic heterocycles. The minimum atomic E-state index is 0.126. The minimum Gasteiger partial charge on any atom is -0.353 e. The number of hydrogen-bond acceptors (Lipinski definition) is 3. The second kappa shape index (κ2) is 9.83. The molecule has 0 unspecified atom stereocenters. The lowest BCUT2D eigenvalue weighted by Gasteiger charge is -2.14. The van der Waals surface area contributed by atoms with Crippen LogP contribution in [0.3, 0.4) is 0 Å². The lowest BCUT2D eigenvalue weighted by atomic mass is 10.2. The van der Waals surface area contributed by atoms with E-state index in [-0.39, 0.29) is 5.91 Å². The summed E-state index contributed by atoms with van der Waals surface area (Å²) in [5.74, 6) is 0.613. The predicted octanol–water partition coefficient (Wildman–Crippen LogP) is 3.19. The van der Waals surface area contributed by atoms with Gasteiger partial charge in [-0.3, -0.25) is 4.79 Å². The van der Waals surface area contributed by atoms with Crippen LogP contribution >= 0.6 is 11.8 Å². The monoisotopic (exact) mass is 294 g/mol. The quantitative estimate of drug-likeness (QED) is 0.687. The Morgan fingerprint density at radius 1 is 1.25 bits per heavy atom. The van der Waals surface area contributed by atoms with Gasteiger partial charge in [0, 0.05) is 17.5 Å². The molecule has 1 amide bonds. The summed E-state index contributed by atoms with van der Waals surface area (Å²) in [5, 5.41) is 6.37. The number of nitrogens with one attached hydrogen (secondary N) is 2. The zero-order valence-corrected chi connectivity index (χ0v) is 13.6. The summed E-state index contributed by atoms with van der Waals surface area (Å²) < 4.78 is 0. The van der Waals surface area contributed by atoms with E-state index < -0.39 is 0 Å². The summed E-state index contributed by atoms with van der Waals surface area (Å²) in [6, 6.07) is 8.68. The van der Waals surface area contributed by atoms with Crippen molar-refractivity contribution in [2.45, 2.75) is 51.1 Å². The zero-order valence-electron chi connectivity index (χ0n) is 12.7. The van der Waals surface area contributed by atoms with Crippen LogP contribution in [0.4, 0.5) is 0 Å². The highest BCUT2D eigenvalue weighted by Gasteiger charge is 2.08. The van der Waals surface area contributed by atoms with Crippen LogP contribution in [-0.4, -0.2) is 24.2 Å². The highest BCUT2D eigenvalue weighted by molar-refractivity contribution is 8.00. The molecule has 0 aliphatic rings. The van der Waals surface area contributed by atoms with Gasteiger partial charge in [-0.05, 0) is 37.1 Å². The van der Waals surface area contributed by atoms with Crippen LogP contribution in [0.2, 0.25) is 0 Å². The molecular weight excluding hydrogens is 268 g/mol. The van der Waals surface area contributed by atoms with Crippen LogP contribution in [0, 0.1) is 0 Å². The maximum absolute atomic E-state index is 11.9. The van der Waals surface area contributed by atoms with Gasteiger partial charge in [-0.15, -0.1) is 11.8 Å². The normalized spacial score (nSPS) is 10.8. The molecule has 0 radical (unpaired) electrons. The molecule has 0 aromatic heterocycles. The maximum atomic E-state index is 11.9. The zero-order chi connectivity index (χ0) is 14.8. The molecule has 3 nitrogen and oxygen atoms in total. The average Bonchev–Trinajstić information content (AvgIpc) is 2.49. The Bertz CT molecular complexity index is 405. The third kappa shape index (κ3) is 6.44. The van der Waals surface area contributed by atoms with Crippen LogP contribution < -0.4 is 10.6 Å². The van der Waals surface area contributed by atoms with E-state index in [9.17, 15) is 4.79 Å². The Kier molecular flexibility index (Phi) is 8.38. The van der Waals surface area contributed by atoms with Crippen molar-refractivity contribution in [3.8, 4) is 0 Å². The number of thioether (sulfide) groups is 1. The summed E-state index contributed by atoms with van der Waals surface area (Å²) in [6.07, 6.45) is 1.98. The third-order valence-corrected chi connectivity index (χ3v) is 4.19. The lowest BCUT2D eigenvalue weighted by molar-refractivity contribution is -0.119. The number of rotatable bonds is 9. The van der Waals surface area contributed by atoms with Crippen molar-refractivity contribution in [1.82, 2.24) is 10.6 Å². The third-order valence-electron chi connectivity index (χ3n) is 3.20. The van der Waals surface area contributed by atoms with E-state index in [4.69, 9.17) is 0 Å². The molecule has 112 valence electrons. The fraction of sp³-hybridized carbons (Fsp3) is 0.562. The first kappa shape index (κ1) is 17.1. The predicted molar refractivity (Wildman–Crippen MR) is 87.1 cm³/mol. The van der Waals surface area contributed by atoms with Gasteiger partial charge in [0.15, 0.2) is 0 Å². The van der Waals surface area contributed by atoms with Gasteiger partial charge in [0.1, 0.15) is 0 Å². The molecule has 4 heteroatoms. The van der Waals surface area contributed by atoms with Gasteiger partial charge in [0.25, 0.3) is 0 Å². The van der Waals surface area contributed by atoms with E-state index in [1.54, 1.807) is 11.8 Å². The van der Waals surface area contributed by atoms with Crippen LogP contribution in [-0.2, 0) is 11.3 Å². The lowest BCUT2D eigenvalue weighted by Crippen LogP contribution is -2.34. The van der Waals surface area contributed by atoms with Gasteiger partial charge < -0.3 is 10.6 Å². The first-order valence-electron chi connectivity index (χ1n) is 7.41. The minimum absolute atomic E-state index is 0.126. The van der Waals surface area contributed by atoms with Crippen molar-refractivity contribution in [3.63, 3.8) is 0 Å². The first-order valence-corrected chi connectivity index (χ1v) is 8.39. The average molecular weight is 294 g/mol. The Morgan fingerprint density at radius 2 is 2.00 bits per heavy atom. The number of carbonyl (C=O) groups is 1. The summed E-state index contributed by atoms with van der Waals surface area (Å²) >= 11 is 1.60. The molecule has 1 rings (SSSR count). The van der Waals surface area contributed by atoms with Crippen molar-refractivity contribution in [1.29, 1.82) is 0 Å². The van der Waals surface area contributed by atoms with Crippen LogP contribution in [0.15, 0.2) is 29.2 Å². The molecule has 0 bridgehead atoms. The molecule has 0 saturated heterocycles. The molecule has 1 aromatic carbocycles. The van der Waals surface area contributed by atoms with E-state index in [1.807, 2.05) is 6.07 Å². The Balaban J connectivity index is 2.42. The van der Waals surface area contributed by atoms with Gasteiger partial charge in [0.2, 0.25) is 5.91 Å². The van der Waals surface area contributed by atoms with Gasteiger partial charge >= 0.3 is 0 Å². The van der Waals surface area contributed by atoms with E-state index >= 15 is 0 Å². The van der Waals surface area contributed by atoms with Crippen LogP contribution in [0.25, 0.3) is 0 Å². The fourth-order valence-corrected chi connectivity index (χ4v) is 2.72. The summed E-state index contributed by atoms with van der Waals surface area (Å²) in [5.41, 5.74) is 1.26. The summed E-state index contributed by atoms with van der Waals surface area (Å²) in [7, 11) is 0.